The van der Waals surface area contributed by atoms with E-state index in [1.807, 2.05) is 0 Å². The third kappa shape index (κ3) is 3.22. The lowest BCUT2D eigenvalue weighted by Gasteiger charge is -2.32. The molecule has 0 aromatic heterocycles. The molecule has 1 amide bonds. The predicted octanol–water partition coefficient (Wildman–Crippen LogP) is 3.21. The molecule has 1 aliphatic carbocycles. The van der Waals surface area contributed by atoms with E-state index in [-0.39, 0.29) is 0 Å². The fourth-order valence-electron chi connectivity index (χ4n) is 2.49. The molecule has 0 N–H and O–H groups in total. The van der Waals surface area contributed by atoms with Crippen molar-refractivity contribution in [1.29, 1.82) is 0 Å². The topological polar surface area (TPSA) is 20.3 Å². The Morgan fingerprint density at radius 2 is 1.87 bits per heavy atom. The molecule has 15 heavy (non-hydrogen) atoms. The molecule has 1 saturated carbocycles. The monoisotopic (exact) mass is 211 g/mol. The van der Waals surface area contributed by atoms with Crippen molar-refractivity contribution in [1.82, 2.24) is 4.90 Å². The second-order valence-electron chi connectivity index (χ2n) is 4.72. The van der Waals surface area contributed by atoms with Gasteiger partial charge in [-0.05, 0) is 33.1 Å². The maximum atomic E-state index is 12.3. The van der Waals surface area contributed by atoms with Crippen molar-refractivity contribution in [3.05, 3.63) is 0 Å². The van der Waals surface area contributed by atoms with E-state index >= 15 is 0 Å². The Morgan fingerprint density at radius 3 is 2.33 bits per heavy atom. The molecule has 0 aromatic rings. The molecule has 0 saturated heterocycles. The van der Waals surface area contributed by atoms with E-state index in [1.165, 1.54) is 19.3 Å². The van der Waals surface area contributed by atoms with Crippen molar-refractivity contribution in [2.24, 2.45) is 5.92 Å². The van der Waals surface area contributed by atoms with E-state index in [0.29, 0.717) is 17.9 Å². The first-order chi connectivity index (χ1) is 7.20. The van der Waals surface area contributed by atoms with Crippen LogP contribution in [0.3, 0.4) is 0 Å². The van der Waals surface area contributed by atoms with Crippen LogP contribution in [-0.2, 0) is 4.79 Å². The minimum Gasteiger partial charge on any atom is -0.340 e. The van der Waals surface area contributed by atoms with Gasteiger partial charge in [0.15, 0.2) is 0 Å². The Bertz CT molecular complexity index is 197. The molecule has 0 aliphatic heterocycles. The lowest BCUT2D eigenvalue weighted by molar-refractivity contribution is -0.138. The van der Waals surface area contributed by atoms with Gasteiger partial charge in [0.25, 0.3) is 0 Å². The average Bonchev–Trinajstić information content (AvgIpc) is 2.30. The van der Waals surface area contributed by atoms with Crippen LogP contribution >= 0.6 is 0 Å². The first kappa shape index (κ1) is 12.5. The molecule has 1 atom stereocenters. The Balaban J connectivity index is 2.54. The van der Waals surface area contributed by atoms with Crippen LogP contribution in [0.15, 0.2) is 0 Å². The van der Waals surface area contributed by atoms with Gasteiger partial charge < -0.3 is 4.90 Å². The third-order valence-electron chi connectivity index (χ3n) is 3.70. The molecule has 1 aliphatic rings. The zero-order valence-corrected chi connectivity index (χ0v) is 10.5. The average molecular weight is 211 g/mol. The van der Waals surface area contributed by atoms with Crippen molar-refractivity contribution in [2.45, 2.75) is 65.3 Å². The first-order valence-electron chi connectivity index (χ1n) is 6.51. The van der Waals surface area contributed by atoms with Crippen LogP contribution in [0.25, 0.3) is 0 Å². The van der Waals surface area contributed by atoms with Crippen LogP contribution in [0.4, 0.5) is 0 Å². The van der Waals surface area contributed by atoms with Gasteiger partial charge in [-0.1, -0.05) is 26.2 Å². The van der Waals surface area contributed by atoms with Gasteiger partial charge in [-0.2, -0.15) is 0 Å². The summed E-state index contributed by atoms with van der Waals surface area (Å²) in [5.74, 6) is 0.735. The molecular formula is C13H25NO. The van der Waals surface area contributed by atoms with Gasteiger partial charge >= 0.3 is 0 Å². The maximum absolute atomic E-state index is 12.3. The highest BCUT2D eigenvalue weighted by molar-refractivity contribution is 5.79. The van der Waals surface area contributed by atoms with E-state index in [0.717, 1.165) is 25.8 Å². The van der Waals surface area contributed by atoms with Gasteiger partial charge in [-0.3, -0.25) is 4.79 Å². The standard InChI is InChI=1S/C13H25NO/c1-4-11(3)14(5-2)13(15)12-9-7-6-8-10-12/h11-12H,4-10H2,1-3H3. The smallest absolute Gasteiger partial charge is 0.225 e. The van der Waals surface area contributed by atoms with Crippen LogP contribution in [0.5, 0.6) is 0 Å². The predicted molar refractivity (Wildman–Crippen MR) is 63.7 cm³/mol. The van der Waals surface area contributed by atoms with Crippen molar-refractivity contribution < 1.29 is 4.79 Å². The second-order valence-corrected chi connectivity index (χ2v) is 4.72. The molecule has 88 valence electrons. The summed E-state index contributed by atoms with van der Waals surface area (Å²) < 4.78 is 0. The molecule has 0 bridgehead atoms. The summed E-state index contributed by atoms with van der Waals surface area (Å²) >= 11 is 0. The number of carbonyl (C=O) groups is 1. The highest BCUT2D eigenvalue weighted by Crippen LogP contribution is 2.26. The highest BCUT2D eigenvalue weighted by atomic mass is 16.2. The number of hydrogen-bond donors (Lipinski definition) is 0. The Labute approximate surface area is 94.0 Å². The summed E-state index contributed by atoms with van der Waals surface area (Å²) in [6.07, 6.45) is 7.10. The fourth-order valence-corrected chi connectivity index (χ4v) is 2.49. The molecule has 1 unspecified atom stereocenters. The van der Waals surface area contributed by atoms with Crippen molar-refractivity contribution in [3.63, 3.8) is 0 Å². The molecule has 0 radical (unpaired) electrons. The van der Waals surface area contributed by atoms with Gasteiger partial charge in [0, 0.05) is 18.5 Å². The molecule has 2 nitrogen and oxygen atoms in total. The number of carbonyl (C=O) groups excluding carboxylic acids is 1. The second kappa shape index (κ2) is 6.14. The van der Waals surface area contributed by atoms with E-state index in [1.54, 1.807) is 0 Å². The van der Waals surface area contributed by atoms with Crippen LogP contribution in [-0.4, -0.2) is 23.4 Å². The zero-order valence-electron chi connectivity index (χ0n) is 10.5. The van der Waals surface area contributed by atoms with Crippen LogP contribution in [0.1, 0.15) is 59.3 Å². The third-order valence-corrected chi connectivity index (χ3v) is 3.70. The van der Waals surface area contributed by atoms with Crippen LogP contribution in [0.2, 0.25) is 0 Å². The lowest BCUT2D eigenvalue weighted by atomic mass is 9.88. The normalized spacial score (nSPS) is 19.9. The SMILES string of the molecule is CCC(C)N(CC)C(=O)C1CCCCC1. The van der Waals surface area contributed by atoms with Gasteiger partial charge in [-0.15, -0.1) is 0 Å². The van der Waals surface area contributed by atoms with Crippen molar-refractivity contribution >= 4 is 5.91 Å². The summed E-state index contributed by atoms with van der Waals surface area (Å²) in [5.41, 5.74) is 0. The zero-order chi connectivity index (χ0) is 11.3. The summed E-state index contributed by atoms with van der Waals surface area (Å²) in [6, 6.07) is 0.407. The van der Waals surface area contributed by atoms with Crippen LogP contribution < -0.4 is 0 Å². The highest BCUT2D eigenvalue weighted by Gasteiger charge is 2.26. The maximum Gasteiger partial charge on any atom is 0.225 e. The quantitative estimate of drug-likeness (QED) is 0.699. The number of nitrogens with zero attached hydrogens (tertiary/aromatic N) is 1. The Morgan fingerprint density at radius 1 is 1.27 bits per heavy atom. The lowest BCUT2D eigenvalue weighted by Crippen LogP contribution is -2.42. The first-order valence-corrected chi connectivity index (χ1v) is 6.51. The van der Waals surface area contributed by atoms with Crippen LogP contribution in [0, 0.1) is 5.92 Å². The number of amides is 1. The van der Waals surface area contributed by atoms with E-state index in [9.17, 15) is 4.79 Å². The van der Waals surface area contributed by atoms with Gasteiger partial charge in [0.05, 0.1) is 0 Å². The summed E-state index contributed by atoms with van der Waals surface area (Å²) in [7, 11) is 0. The molecule has 0 spiro atoms. The molecule has 1 fully saturated rings. The number of rotatable bonds is 4. The molecule has 0 heterocycles. The van der Waals surface area contributed by atoms with Gasteiger partial charge in [-0.25, -0.2) is 0 Å². The molecule has 1 rings (SSSR count). The summed E-state index contributed by atoms with van der Waals surface area (Å²) in [6.45, 7) is 7.27. The van der Waals surface area contributed by atoms with E-state index in [2.05, 4.69) is 25.7 Å². The minimum absolute atomic E-state index is 0.327. The fraction of sp³-hybridized carbons (Fsp3) is 0.923. The molecule has 0 aromatic carbocycles. The number of hydrogen-bond acceptors (Lipinski definition) is 1. The largest absolute Gasteiger partial charge is 0.340 e. The Kier molecular flexibility index (Phi) is 5.13. The summed E-state index contributed by atoms with van der Waals surface area (Å²) in [5, 5.41) is 0. The van der Waals surface area contributed by atoms with E-state index < -0.39 is 0 Å². The van der Waals surface area contributed by atoms with Crippen molar-refractivity contribution in [2.75, 3.05) is 6.54 Å². The Hall–Kier alpha value is -0.530. The molecular weight excluding hydrogens is 186 g/mol. The van der Waals surface area contributed by atoms with Crippen molar-refractivity contribution in [3.8, 4) is 0 Å². The summed E-state index contributed by atoms with van der Waals surface area (Å²) in [4.78, 5) is 14.3. The minimum atomic E-state index is 0.327. The molecule has 2 heteroatoms. The van der Waals surface area contributed by atoms with Gasteiger partial charge in [0.1, 0.15) is 0 Å². The van der Waals surface area contributed by atoms with E-state index in [4.69, 9.17) is 0 Å². The van der Waals surface area contributed by atoms with Gasteiger partial charge in [0.2, 0.25) is 5.91 Å².